The van der Waals surface area contributed by atoms with Crippen LogP contribution in [0.25, 0.3) is 21.8 Å². The smallest absolute Gasteiger partial charge is 0.153 e. The van der Waals surface area contributed by atoms with E-state index in [0.29, 0.717) is 23.7 Å². The summed E-state index contributed by atoms with van der Waals surface area (Å²) >= 11 is 0. The molecular formula is C23H24N6. The van der Waals surface area contributed by atoms with Gasteiger partial charge in [0.15, 0.2) is 5.82 Å². The Morgan fingerprint density at radius 2 is 2.00 bits per heavy atom. The Labute approximate surface area is 168 Å². The Morgan fingerprint density at radius 1 is 1.10 bits per heavy atom. The maximum atomic E-state index is 6.11. The van der Waals surface area contributed by atoms with E-state index >= 15 is 0 Å². The molecule has 1 aliphatic heterocycles. The third-order valence-corrected chi connectivity index (χ3v) is 7.96. The molecule has 0 amide bonds. The third kappa shape index (κ3) is 1.96. The maximum Gasteiger partial charge on any atom is 0.153 e. The van der Waals surface area contributed by atoms with Crippen molar-refractivity contribution in [2.75, 3.05) is 11.1 Å². The lowest BCUT2D eigenvalue weighted by molar-refractivity contribution is 0.249. The largest absolute Gasteiger partial charge is 0.382 e. The second kappa shape index (κ2) is 5.32. The van der Waals surface area contributed by atoms with Crippen LogP contribution in [0.2, 0.25) is 0 Å². The van der Waals surface area contributed by atoms with Gasteiger partial charge in [0.05, 0.1) is 23.3 Å². The Bertz CT molecular complexity index is 1280. The highest BCUT2D eigenvalue weighted by Crippen LogP contribution is 2.64. The first-order chi connectivity index (χ1) is 14.2. The second-order valence-electron chi connectivity index (χ2n) is 9.20. The van der Waals surface area contributed by atoms with Crippen LogP contribution in [-0.2, 0) is 7.05 Å². The number of aryl methyl sites for hydroxylation is 1. The fourth-order valence-electron chi connectivity index (χ4n) is 6.79. The Hall–Kier alpha value is -3.02. The van der Waals surface area contributed by atoms with E-state index in [2.05, 4.69) is 57.1 Å². The standard InChI is InChI=1S/C23H24N6/c1-29-18-7-6-17-21(15(18)10-25-29)19-11-2-3-12(8-11)20(19)22(26-17)13-4-5-16-14(9-13)23(24)28-27-16/h4-7,9-12,19-20,22,26H,2-3,8H2,1H3,(H3,24,27,28)/t11?,12?,19-,20+,22-/m0/s1. The second-order valence-corrected chi connectivity index (χ2v) is 9.20. The van der Waals surface area contributed by atoms with Gasteiger partial charge in [-0.2, -0.15) is 10.2 Å². The van der Waals surface area contributed by atoms with Crippen LogP contribution >= 0.6 is 0 Å². The molecule has 7 rings (SSSR count). The van der Waals surface area contributed by atoms with E-state index in [1.165, 1.54) is 47.0 Å². The van der Waals surface area contributed by atoms with Crippen molar-refractivity contribution in [3.05, 3.63) is 47.7 Å². The summed E-state index contributed by atoms with van der Waals surface area (Å²) in [4.78, 5) is 0. The van der Waals surface area contributed by atoms with Crippen LogP contribution < -0.4 is 11.1 Å². The van der Waals surface area contributed by atoms with Crippen molar-refractivity contribution < 1.29 is 0 Å². The number of anilines is 2. The van der Waals surface area contributed by atoms with E-state index in [0.717, 1.165) is 22.7 Å². The van der Waals surface area contributed by atoms with Crippen molar-refractivity contribution in [3.8, 4) is 0 Å². The molecule has 29 heavy (non-hydrogen) atoms. The van der Waals surface area contributed by atoms with Crippen molar-refractivity contribution in [3.63, 3.8) is 0 Å². The molecule has 6 heteroatoms. The molecule has 2 bridgehead atoms. The van der Waals surface area contributed by atoms with Gasteiger partial charge in [0, 0.05) is 23.5 Å². The normalized spacial score (nSPS) is 29.9. The SMILES string of the molecule is Cn1ncc2c3c(ccc21)N[C@@H](c1ccc2[nH]nc(N)c2c1)[C@@H]1C2CCC(C2)[C@H]31. The van der Waals surface area contributed by atoms with Crippen LogP contribution in [0.15, 0.2) is 36.5 Å². The minimum Gasteiger partial charge on any atom is -0.382 e. The Morgan fingerprint density at radius 3 is 2.93 bits per heavy atom. The number of benzene rings is 2. The molecule has 146 valence electrons. The van der Waals surface area contributed by atoms with Gasteiger partial charge in [-0.3, -0.25) is 9.78 Å². The number of hydrogen-bond acceptors (Lipinski definition) is 4. The van der Waals surface area contributed by atoms with Crippen LogP contribution in [-0.4, -0.2) is 20.0 Å². The van der Waals surface area contributed by atoms with Gasteiger partial charge in [0.1, 0.15) is 0 Å². The van der Waals surface area contributed by atoms with Gasteiger partial charge < -0.3 is 11.1 Å². The topological polar surface area (TPSA) is 84.5 Å². The van der Waals surface area contributed by atoms with Gasteiger partial charge >= 0.3 is 0 Å². The predicted molar refractivity (Wildman–Crippen MR) is 115 cm³/mol. The van der Waals surface area contributed by atoms with E-state index in [4.69, 9.17) is 5.73 Å². The monoisotopic (exact) mass is 384 g/mol. The molecule has 4 N–H and O–H groups in total. The first-order valence-corrected chi connectivity index (χ1v) is 10.6. The van der Waals surface area contributed by atoms with Crippen molar-refractivity contribution in [2.24, 2.45) is 24.8 Å². The van der Waals surface area contributed by atoms with Crippen LogP contribution in [0, 0.1) is 17.8 Å². The highest BCUT2D eigenvalue weighted by Gasteiger charge is 2.54. The molecule has 2 aromatic heterocycles. The number of rotatable bonds is 1. The molecule has 2 saturated carbocycles. The molecule has 0 saturated heterocycles. The highest BCUT2D eigenvalue weighted by atomic mass is 15.2. The van der Waals surface area contributed by atoms with E-state index in [1.807, 2.05) is 11.7 Å². The zero-order valence-electron chi connectivity index (χ0n) is 16.4. The summed E-state index contributed by atoms with van der Waals surface area (Å²) in [5.41, 5.74) is 12.5. The molecule has 2 aliphatic carbocycles. The quantitative estimate of drug-likeness (QED) is 0.456. The van der Waals surface area contributed by atoms with Gasteiger partial charge in [0.25, 0.3) is 0 Å². The molecule has 2 fully saturated rings. The van der Waals surface area contributed by atoms with Gasteiger partial charge in [-0.15, -0.1) is 0 Å². The van der Waals surface area contributed by atoms with E-state index in [9.17, 15) is 0 Å². The zero-order chi connectivity index (χ0) is 19.3. The van der Waals surface area contributed by atoms with Gasteiger partial charge in [-0.25, -0.2) is 0 Å². The zero-order valence-corrected chi connectivity index (χ0v) is 16.4. The lowest BCUT2D eigenvalue weighted by Gasteiger charge is -2.43. The lowest BCUT2D eigenvalue weighted by atomic mass is 9.67. The number of nitrogens with two attached hydrogens (primary N) is 1. The highest BCUT2D eigenvalue weighted by molar-refractivity contribution is 5.90. The summed E-state index contributed by atoms with van der Waals surface area (Å²) in [5.74, 6) is 3.40. The van der Waals surface area contributed by atoms with Crippen LogP contribution in [0.5, 0.6) is 0 Å². The molecule has 4 aromatic rings. The number of nitrogens with one attached hydrogen (secondary N) is 2. The number of H-pyrrole nitrogens is 1. The summed E-state index contributed by atoms with van der Waals surface area (Å²) in [7, 11) is 2.04. The first-order valence-electron chi connectivity index (χ1n) is 10.6. The molecule has 6 nitrogen and oxygen atoms in total. The first kappa shape index (κ1) is 15.9. The van der Waals surface area contributed by atoms with Crippen molar-refractivity contribution in [1.29, 1.82) is 0 Å². The van der Waals surface area contributed by atoms with Crippen LogP contribution in [0.4, 0.5) is 11.5 Å². The molecule has 3 aliphatic rings. The fraction of sp³-hybridized carbons (Fsp3) is 0.391. The van der Waals surface area contributed by atoms with Gasteiger partial charge in [-0.05, 0) is 78.3 Å². The van der Waals surface area contributed by atoms with Crippen LogP contribution in [0.3, 0.4) is 0 Å². The maximum absolute atomic E-state index is 6.11. The average molecular weight is 384 g/mol. The Kier molecular flexibility index (Phi) is 2.91. The summed E-state index contributed by atoms with van der Waals surface area (Å²) in [6, 6.07) is 11.4. The summed E-state index contributed by atoms with van der Waals surface area (Å²) in [6.45, 7) is 0. The van der Waals surface area contributed by atoms with Crippen molar-refractivity contribution in [1.82, 2.24) is 20.0 Å². The van der Waals surface area contributed by atoms with Gasteiger partial charge in [-0.1, -0.05) is 6.07 Å². The minimum atomic E-state index is 0.315. The number of aromatic nitrogens is 4. The van der Waals surface area contributed by atoms with E-state index in [1.54, 1.807) is 0 Å². The van der Waals surface area contributed by atoms with E-state index in [-0.39, 0.29) is 0 Å². The minimum absolute atomic E-state index is 0.315. The summed E-state index contributed by atoms with van der Waals surface area (Å²) in [5, 5.41) is 18.1. The molecule has 5 atom stereocenters. The third-order valence-electron chi connectivity index (χ3n) is 7.96. The Balaban J connectivity index is 1.44. The molecule has 3 heterocycles. The number of nitrogens with zero attached hydrogens (tertiary/aromatic N) is 3. The number of nitrogen functional groups attached to an aromatic ring is 1. The fourth-order valence-corrected chi connectivity index (χ4v) is 6.79. The van der Waals surface area contributed by atoms with Crippen LogP contribution in [0.1, 0.15) is 42.3 Å². The van der Waals surface area contributed by atoms with Crippen molar-refractivity contribution >= 4 is 33.3 Å². The molecular weight excluding hydrogens is 360 g/mol. The van der Waals surface area contributed by atoms with E-state index < -0.39 is 0 Å². The summed E-state index contributed by atoms with van der Waals surface area (Å²) in [6.07, 6.45) is 6.15. The van der Waals surface area contributed by atoms with Crippen molar-refractivity contribution in [2.45, 2.75) is 31.2 Å². The molecule has 0 spiro atoms. The number of hydrogen-bond donors (Lipinski definition) is 3. The average Bonchev–Trinajstić information content (AvgIpc) is 3.52. The number of fused-ring (bicyclic) bond motifs is 10. The summed E-state index contributed by atoms with van der Waals surface area (Å²) < 4.78 is 2.00. The lowest BCUT2D eigenvalue weighted by Crippen LogP contribution is -2.35. The van der Waals surface area contributed by atoms with Gasteiger partial charge in [0.2, 0.25) is 0 Å². The molecule has 2 aromatic carbocycles. The number of aromatic amines is 1. The predicted octanol–water partition coefficient (Wildman–Crippen LogP) is 4.33. The molecule has 0 radical (unpaired) electrons. The molecule has 2 unspecified atom stereocenters.